The monoisotopic (exact) mass is 501 g/mol. The van der Waals surface area contributed by atoms with Gasteiger partial charge in [-0.25, -0.2) is 0 Å². The van der Waals surface area contributed by atoms with E-state index in [0.29, 0.717) is 13.2 Å². The Morgan fingerprint density at radius 2 is 1.93 bits per heavy atom. The molecule has 0 atom stereocenters. The van der Waals surface area contributed by atoms with Gasteiger partial charge in [0.05, 0.1) is 6.61 Å². The number of alkyl halides is 3. The molecule has 1 aromatic rings. The molecule has 2 rings (SSSR count). The number of halogens is 4. The van der Waals surface area contributed by atoms with Crippen LogP contribution < -0.4 is 10.1 Å². The molecule has 0 unspecified atom stereocenters. The molecule has 0 radical (unpaired) electrons. The van der Waals surface area contributed by atoms with Crippen LogP contribution in [0.4, 0.5) is 13.2 Å². The van der Waals surface area contributed by atoms with E-state index in [9.17, 15) is 13.2 Å². The predicted octanol–water partition coefficient (Wildman–Crippen LogP) is 3.68. The first-order valence-corrected chi connectivity index (χ1v) is 8.65. The second kappa shape index (κ2) is 11.6. The molecular formula is C18H27F3IN3O2. The van der Waals surface area contributed by atoms with Crippen molar-refractivity contribution in [1.29, 1.82) is 0 Å². The van der Waals surface area contributed by atoms with Crippen LogP contribution >= 0.6 is 24.0 Å². The lowest BCUT2D eigenvalue weighted by Crippen LogP contribution is -2.40. The van der Waals surface area contributed by atoms with E-state index < -0.39 is 12.8 Å². The van der Waals surface area contributed by atoms with Crippen LogP contribution in [0.1, 0.15) is 18.4 Å². The molecular weight excluding hydrogens is 474 g/mol. The number of hydrogen-bond acceptors (Lipinski definition) is 3. The minimum absolute atomic E-state index is 0. The van der Waals surface area contributed by atoms with Crippen molar-refractivity contribution < 1.29 is 22.6 Å². The zero-order valence-electron chi connectivity index (χ0n) is 15.6. The molecule has 154 valence electrons. The van der Waals surface area contributed by atoms with Crippen molar-refractivity contribution in [2.45, 2.75) is 25.6 Å². The van der Waals surface area contributed by atoms with E-state index in [1.54, 1.807) is 19.2 Å². The van der Waals surface area contributed by atoms with E-state index in [1.807, 2.05) is 11.9 Å². The molecule has 1 saturated carbocycles. The van der Waals surface area contributed by atoms with Crippen molar-refractivity contribution in [3.8, 4) is 5.75 Å². The second-order valence-electron chi connectivity index (χ2n) is 6.39. The van der Waals surface area contributed by atoms with Gasteiger partial charge in [-0.05, 0) is 36.5 Å². The minimum atomic E-state index is -4.33. The highest BCUT2D eigenvalue weighted by molar-refractivity contribution is 14.0. The maximum Gasteiger partial charge on any atom is 0.422 e. The summed E-state index contributed by atoms with van der Waals surface area (Å²) < 4.78 is 46.7. The van der Waals surface area contributed by atoms with Gasteiger partial charge in [0.15, 0.2) is 12.6 Å². The largest absolute Gasteiger partial charge is 0.484 e. The number of hydrogen-bond donors (Lipinski definition) is 1. The predicted molar refractivity (Wildman–Crippen MR) is 110 cm³/mol. The average molecular weight is 501 g/mol. The number of rotatable bonds is 9. The molecule has 5 nitrogen and oxygen atoms in total. The highest BCUT2D eigenvalue weighted by Gasteiger charge is 2.28. The molecule has 0 amide bonds. The van der Waals surface area contributed by atoms with E-state index in [0.717, 1.165) is 30.6 Å². The molecule has 0 saturated heterocycles. The van der Waals surface area contributed by atoms with Gasteiger partial charge in [-0.1, -0.05) is 12.1 Å². The van der Waals surface area contributed by atoms with Crippen LogP contribution in [0.3, 0.4) is 0 Å². The summed E-state index contributed by atoms with van der Waals surface area (Å²) in [6.45, 7) is 1.45. The second-order valence-corrected chi connectivity index (χ2v) is 6.39. The molecule has 1 aliphatic rings. The van der Waals surface area contributed by atoms with Crippen LogP contribution in [0.25, 0.3) is 0 Å². The van der Waals surface area contributed by atoms with Gasteiger partial charge in [-0.2, -0.15) is 13.2 Å². The molecule has 0 aromatic heterocycles. The Kier molecular flexibility index (Phi) is 10.2. The normalized spacial score (nSPS) is 14.5. The number of guanidine groups is 1. The quantitative estimate of drug-likeness (QED) is 0.243. The number of nitrogens with one attached hydrogen (secondary N) is 1. The molecule has 0 bridgehead atoms. The Bertz CT molecular complexity index is 578. The SMILES string of the molecule is CN=C(NCc1ccc(OCC(F)(F)F)cc1)N(C)CCOCC1CC1.I. The zero-order chi connectivity index (χ0) is 19.0. The van der Waals surface area contributed by atoms with Crippen LogP contribution in [-0.4, -0.2) is 57.5 Å². The van der Waals surface area contributed by atoms with Crippen molar-refractivity contribution in [1.82, 2.24) is 10.2 Å². The molecule has 1 aromatic carbocycles. The third kappa shape index (κ3) is 10.0. The summed E-state index contributed by atoms with van der Waals surface area (Å²) in [4.78, 5) is 6.21. The van der Waals surface area contributed by atoms with E-state index in [4.69, 9.17) is 9.47 Å². The molecule has 27 heavy (non-hydrogen) atoms. The Balaban J connectivity index is 0.00000364. The Hall–Kier alpha value is -1.23. The van der Waals surface area contributed by atoms with Gasteiger partial charge >= 0.3 is 6.18 Å². The number of benzene rings is 1. The highest BCUT2D eigenvalue weighted by Crippen LogP contribution is 2.28. The van der Waals surface area contributed by atoms with Gasteiger partial charge in [-0.3, -0.25) is 4.99 Å². The Morgan fingerprint density at radius 3 is 2.48 bits per heavy atom. The minimum Gasteiger partial charge on any atom is -0.484 e. The summed E-state index contributed by atoms with van der Waals surface area (Å²) in [5.41, 5.74) is 0.920. The molecule has 1 aliphatic carbocycles. The first kappa shape index (κ1) is 23.8. The van der Waals surface area contributed by atoms with E-state index >= 15 is 0 Å². The summed E-state index contributed by atoms with van der Waals surface area (Å²) in [6.07, 6.45) is -1.78. The number of ether oxygens (including phenoxy) is 2. The first-order valence-electron chi connectivity index (χ1n) is 8.65. The highest BCUT2D eigenvalue weighted by atomic mass is 127. The van der Waals surface area contributed by atoms with Gasteiger partial charge in [-0.15, -0.1) is 24.0 Å². The molecule has 1 N–H and O–H groups in total. The van der Waals surface area contributed by atoms with Crippen LogP contribution in [-0.2, 0) is 11.3 Å². The van der Waals surface area contributed by atoms with Crippen molar-refractivity contribution in [2.75, 3.05) is 40.5 Å². The smallest absolute Gasteiger partial charge is 0.422 e. The van der Waals surface area contributed by atoms with Crippen LogP contribution in [0.5, 0.6) is 5.75 Å². The lowest BCUT2D eigenvalue weighted by molar-refractivity contribution is -0.153. The lowest BCUT2D eigenvalue weighted by Gasteiger charge is -2.22. The zero-order valence-corrected chi connectivity index (χ0v) is 17.9. The fraction of sp³-hybridized carbons (Fsp3) is 0.611. The molecule has 0 aliphatic heterocycles. The van der Waals surface area contributed by atoms with Gasteiger partial charge in [0.2, 0.25) is 0 Å². The number of aliphatic imine (C=N–C) groups is 1. The topological polar surface area (TPSA) is 46.1 Å². The maximum absolute atomic E-state index is 12.1. The average Bonchev–Trinajstić information content (AvgIpc) is 3.42. The first-order chi connectivity index (χ1) is 12.4. The lowest BCUT2D eigenvalue weighted by atomic mass is 10.2. The van der Waals surface area contributed by atoms with Gasteiger partial charge in [0.1, 0.15) is 5.75 Å². The molecule has 9 heteroatoms. The summed E-state index contributed by atoms with van der Waals surface area (Å²) in [5.74, 6) is 1.68. The van der Waals surface area contributed by atoms with E-state index in [1.165, 1.54) is 25.0 Å². The van der Waals surface area contributed by atoms with Crippen LogP contribution in [0, 0.1) is 5.92 Å². The van der Waals surface area contributed by atoms with Gasteiger partial charge in [0, 0.05) is 33.8 Å². The standard InChI is InChI=1S/C18H26F3N3O2.HI/c1-22-17(24(2)9-10-25-12-15-3-4-15)23-11-14-5-7-16(8-6-14)26-13-18(19,20)21;/h5-8,15H,3-4,9-13H2,1-2H3,(H,22,23);1H. The Morgan fingerprint density at radius 1 is 1.26 bits per heavy atom. The van der Waals surface area contributed by atoms with Crippen molar-refractivity contribution in [2.24, 2.45) is 10.9 Å². The number of nitrogens with zero attached hydrogens (tertiary/aromatic N) is 2. The summed E-state index contributed by atoms with van der Waals surface area (Å²) in [6, 6.07) is 6.51. The summed E-state index contributed by atoms with van der Waals surface area (Å²) >= 11 is 0. The fourth-order valence-corrected chi connectivity index (χ4v) is 2.28. The maximum atomic E-state index is 12.1. The van der Waals surface area contributed by atoms with Gasteiger partial charge in [0.25, 0.3) is 0 Å². The third-order valence-corrected chi connectivity index (χ3v) is 3.97. The molecule has 1 fully saturated rings. The van der Waals surface area contributed by atoms with Crippen LogP contribution in [0.2, 0.25) is 0 Å². The van der Waals surface area contributed by atoms with E-state index in [2.05, 4.69) is 10.3 Å². The van der Waals surface area contributed by atoms with Crippen molar-refractivity contribution in [3.05, 3.63) is 29.8 Å². The van der Waals surface area contributed by atoms with Crippen molar-refractivity contribution in [3.63, 3.8) is 0 Å². The number of likely N-dealkylation sites (N-methyl/N-ethyl adjacent to an activating group) is 1. The fourth-order valence-electron chi connectivity index (χ4n) is 2.28. The third-order valence-electron chi connectivity index (χ3n) is 3.97. The summed E-state index contributed by atoms with van der Waals surface area (Å²) in [7, 11) is 3.64. The Labute approximate surface area is 175 Å². The van der Waals surface area contributed by atoms with E-state index in [-0.39, 0.29) is 29.7 Å². The van der Waals surface area contributed by atoms with Crippen LogP contribution in [0.15, 0.2) is 29.3 Å². The molecule has 0 heterocycles. The van der Waals surface area contributed by atoms with Crippen molar-refractivity contribution >= 4 is 29.9 Å². The summed E-state index contributed by atoms with van der Waals surface area (Å²) in [5, 5.41) is 3.22. The van der Waals surface area contributed by atoms with Gasteiger partial charge < -0.3 is 19.7 Å². The molecule has 0 spiro atoms.